The topological polar surface area (TPSA) is 71.1 Å². The van der Waals surface area contributed by atoms with Crippen LogP contribution in [0.3, 0.4) is 0 Å². The Kier molecular flexibility index (Phi) is 14.8. The fourth-order valence-electron chi connectivity index (χ4n) is 4.06. The van der Waals surface area contributed by atoms with Crippen molar-refractivity contribution in [1.82, 2.24) is 0 Å². The van der Waals surface area contributed by atoms with Crippen molar-refractivity contribution in [2.24, 2.45) is 0 Å². The van der Waals surface area contributed by atoms with Gasteiger partial charge in [0.05, 0.1) is 12.2 Å². The zero-order chi connectivity index (χ0) is 23.0. The highest BCUT2D eigenvalue weighted by molar-refractivity contribution is 7.95. The molecular formula is C24H42O6S2. The number of rotatable bonds is 15. The van der Waals surface area contributed by atoms with Gasteiger partial charge in [-0.05, 0) is 52.4 Å². The number of hydrogen-bond donors (Lipinski definition) is 0. The molecular weight excluding hydrogens is 448 g/mol. The summed E-state index contributed by atoms with van der Waals surface area (Å²) in [6, 6.07) is 0. The maximum Gasteiger partial charge on any atom is 0.306 e. The summed E-state index contributed by atoms with van der Waals surface area (Å²) in [4.78, 5) is 23.9. The Morgan fingerprint density at radius 1 is 0.656 bits per heavy atom. The molecule has 0 saturated heterocycles. The van der Waals surface area contributed by atoms with E-state index in [2.05, 4.69) is 0 Å². The third-order valence-corrected chi connectivity index (χ3v) is 7.37. The molecule has 0 heterocycles. The first kappa shape index (κ1) is 27.8. The predicted molar refractivity (Wildman–Crippen MR) is 130 cm³/mol. The highest BCUT2D eigenvalue weighted by atomic mass is 32.2. The van der Waals surface area contributed by atoms with E-state index in [0.29, 0.717) is 25.0 Å². The van der Waals surface area contributed by atoms with Crippen molar-refractivity contribution in [3.8, 4) is 0 Å². The molecule has 2 saturated carbocycles. The average Bonchev–Trinajstić information content (AvgIpc) is 2.80. The minimum Gasteiger partial charge on any atom is -0.449 e. The molecule has 0 aliphatic heterocycles. The van der Waals surface area contributed by atoms with Crippen molar-refractivity contribution < 1.29 is 27.4 Å². The van der Waals surface area contributed by atoms with Crippen LogP contribution in [0, 0.1) is 0 Å². The first-order valence-corrected chi connectivity index (χ1v) is 14.2. The lowest BCUT2D eigenvalue weighted by molar-refractivity contribution is -0.146. The minimum atomic E-state index is -0.277. The summed E-state index contributed by atoms with van der Waals surface area (Å²) in [5.41, 5.74) is -0.553. The van der Waals surface area contributed by atoms with Gasteiger partial charge in [-0.15, -0.1) is 0 Å². The first-order chi connectivity index (χ1) is 15.5. The standard InChI is InChI=1S/C24H42O6S2/c1-19(31-29-21-13-7-5-8-14-21)27-23(25)17-11-3-4-12-18-24(26)28-20(2)32-30-22-15-9-6-10-16-22/h19-22H,3-18H2,1-2H3. The molecule has 32 heavy (non-hydrogen) atoms. The summed E-state index contributed by atoms with van der Waals surface area (Å²) in [5, 5.41) is 0. The number of carbonyl (C=O) groups is 2. The normalized spacial score (nSPS) is 19.9. The molecule has 0 aromatic heterocycles. The molecule has 0 aromatic carbocycles. The number of hydrogen-bond acceptors (Lipinski definition) is 8. The predicted octanol–water partition coefficient (Wildman–Crippen LogP) is 7.10. The Labute approximate surface area is 203 Å². The second-order valence-corrected chi connectivity index (χ2v) is 11.0. The van der Waals surface area contributed by atoms with Crippen LogP contribution < -0.4 is 0 Å². The lowest BCUT2D eigenvalue weighted by atomic mass is 9.98. The summed E-state index contributed by atoms with van der Waals surface area (Å²) in [6.45, 7) is 3.72. The minimum absolute atomic E-state index is 0.180. The van der Waals surface area contributed by atoms with Crippen molar-refractivity contribution in [2.45, 2.75) is 140 Å². The van der Waals surface area contributed by atoms with Crippen molar-refractivity contribution >= 4 is 36.0 Å². The van der Waals surface area contributed by atoms with Crippen LogP contribution >= 0.6 is 24.1 Å². The Hall–Kier alpha value is -0.440. The molecule has 0 aromatic rings. The third-order valence-electron chi connectivity index (χ3n) is 5.87. The van der Waals surface area contributed by atoms with Crippen LogP contribution in [0.4, 0.5) is 0 Å². The highest BCUT2D eigenvalue weighted by Crippen LogP contribution is 2.27. The molecule has 0 amide bonds. The second kappa shape index (κ2) is 17.1. The van der Waals surface area contributed by atoms with E-state index in [1.54, 1.807) is 0 Å². The van der Waals surface area contributed by atoms with Gasteiger partial charge in [0.15, 0.2) is 10.9 Å². The van der Waals surface area contributed by atoms with E-state index in [-0.39, 0.29) is 22.8 Å². The molecule has 6 nitrogen and oxygen atoms in total. The van der Waals surface area contributed by atoms with Gasteiger partial charge in [-0.1, -0.05) is 51.4 Å². The van der Waals surface area contributed by atoms with Gasteiger partial charge < -0.3 is 17.8 Å². The fourth-order valence-corrected chi connectivity index (χ4v) is 5.36. The number of unbranched alkanes of at least 4 members (excludes halogenated alkanes) is 3. The van der Waals surface area contributed by atoms with Crippen molar-refractivity contribution in [1.29, 1.82) is 0 Å². The van der Waals surface area contributed by atoms with Crippen LogP contribution in [0.5, 0.6) is 0 Å². The lowest BCUT2D eigenvalue weighted by Crippen LogP contribution is -2.17. The number of ether oxygens (including phenoxy) is 2. The van der Waals surface area contributed by atoms with Gasteiger partial charge in [0.25, 0.3) is 0 Å². The summed E-state index contributed by atoms with van der Waals surface area (Å²) in [7, 11) is 0. The van der Waals surface area contributed by atoms with E-state index in [1.165, 1.54) is 62.6 Å². The molecule has 0 bridgehead atoms. The van der Waals surface area contributed by atoms with Crippen LogP contribution in [-0.4, -0.2) is 35.0 Å². The maximum atomic E-state index is 12.0. The molecule has 2 rings (SSSR count). The van der Waals surface area contributed by atoms with Crippen LogP contribution in [0.25, 0.3) is 0 Å². The van der Waals surface area contributed by atoms with E-state index in [9.17, 15) is 9.59 Å². The Morgan fingerprint density at radius 2 is 1.03 bits per heavy atom. The summed E-state index contributed by atoms with van der Waals surface area (Å²) in [6.07, 6.45) is 16.7. The largest absolute Gasteiger partial charge is 0.449 e. The second-order valence-electron chi connectivity index (χ2n) is 8.93. The Bertz CT molecular complexity index is 475. The van der Waals surface area contributed by atoms with Crippen molar-refractivity contribution in [2.75, 3.05) is 0 Å². The number of carbonyl (C=O) groups excluding carboxylic acids is 2. The van der Waals surface area contributed by atoms with Crippen LogP contribution in [0.1, 0.15) is 117 Å². The maximum absolute atomic E-state index is 12.0. The lowest BCUT2D eigenvalue weighted by Gasteiger charge is -2.22. The first-order valence-electron chi connectivity index (χ1n) is 12.6. The van der Waals surface area contributed by atoms with Gasteiger partial charge in [-0.2, -0.15) is 0 Å². The summed E-state index contributed by atoms with van der Waals surface area (Å²) >= 11 is 2.55. The van der Waals surface area contributed by atoms with Crippen molar-refractivity contribution in [3.63, 3.8) is 0 Å². The summed E-state index contributed by atoms with van der Waals surface area (Å²) in [5.74, 6) is -0.360. The quantitative estimate of drug-likeness (QED) is 0.104. The Morgan fingerprint density at radius 3 is 1.41 bits per heavy atom. The van der Waals surface area contributed by atoms with E-state index in [4.69, 9.17) is 17.8 Å². The van der Waals surface area contributed by atoms with Gasteiger partial charge >= 0.3 is 11.9 Å². The van der Waals surface area contributed by atoms with Crippen molar-refractivity contribution in [3.05, 3.63) is 0 Å². The van der Waals surface area contributed by atoms with E-state index < -0.39 is 0 Å². The van der Waals surface area contributed by atoms with E-state index in [1.807, 2.05) is 13.8 Å². The molecule has 8 heteroatoms. The molecule has 2 fully saturated rings. The average molecular weight is 491 g/mol. The van der Waals surface area contributed by atoms with Crippen LogP contribution in [0.15, 0.2) is 0 Å². The molecule has 0 radical (unpaired) electrons. The molecule has 2 aliphatic carbocycles. The molecule has 0 spiro atoms. The smallest absolute Gasteiger partial charge is 0.306 e. The fraction of sp³-hybridized carbons (Fsp3) is 0.917. The van der Waals surface area contributed by atoms with Crippen LogP contribution in [0.2, 0.25) is 0 Å². The molecule has 2 unspecified atom stereocenters. The molecule has 0 N–H and O–H groups in total. The van der Waals surface area contributed by atoms with Gasteiger partial charge in [0.1, 0.15) is 0 Å². The zero-order valence-corrected chi connectivity index (χ0v) is 21.5. The summed E-state index contributed by atoms with van der Waals surface area (Å²) < 4.78 is 22.4. The molecule has 2 aliphatic rings. The Balaban J connectivity index is 1.40. The van der Waals surface area contributed by atoms with Gasteiger partial charge in [-0.25, -0.2) is 0 Å². The van der Waals surface area contributed by atoms with E-state index in [0.717, 1.165) is 51.4 Å². The highest BCUT2D eigenvalue weighted by Gasteiger charge is 2.19. The molecule has 2 atom stereocenters. The van der Waals surface area contributed by atoms with E-state index >= 15 is 0 Å². The SMILES string of the molecule is CC(OC(=O)CCCCCCC(=O)OC(C)SOC1CCCCC1)SOC1CCCCC1. The van der Waals surface area contributed by atoms with Gasteiger partial charge in [0, 0.05) is 36.9 Å². The zero-order valence-electron chi connectivity index (χ0n) is 19.9. The van der Waals surface area contributed by atoms with Gasteiger partial charge in [0.2, 0.25) is 0 Å². The number of esters is 2. The van der Waals surface area contributed by atoms with Gasteiger partial charge in [-0.3, -0.25) is 9.59 Å². The monoisotopic (exact) mass is 490 g/mol. The molecule has 186 valence electrons. The third kappa shape index (κ3) is 13.3. The van der Waals surface area contributed by atoms with Crippen LogP contribution in [-0.2, 0) is 27.4 Å².